The van der Waals surface area contributed by atoms with E-state index in [1.165, 1.54) is 6.17 Å². The average molecular weight is 918 g/mol. The van der Waals surface area contributed by atoms with E-state index >= 15 is 0 Å². The molecule has 0 bridgehead atoms. The van der Waals surface area contributed by atoms with Crippen LogP contribution in [0.5, 0.6) is 0 Å². The van der Waals surface area contributed by atoms with E-state index in [0.29, 0.717) is 33.4 Å². The van der Waals surface area contributed by atoms with Crippen LogP contribution in [0, 0.1) is 19.3 Å². The molecule has 4 atom stereocenters. The van der Waals surface area contributed by atoms with Gasteiger partial charge in [-0.05, 0) is 39.0 Å². The van der Waals surface area contributed by atoms with Gasteiger partial charge in [0.2, 0.25) is 11.8 Å². The van der Waals surface area contributed by atoms with Crippen LogP contribution in [0.3, 0.4) is 0 Å². The zero-order valence-corrected chi connectivity index (χ0v) is 33.3. The standard InChI is InChI=1S/C9H16N2O.C7H19NOSi.C6H9NO.CH3I.CH4.CH3.2HI.V/c1-6-7-4-10(2)5-8(7)9(12)11(6)3;1-8(6-9-2)7-10(3,4)5;1-5-3-4-6(8)7(5)2;1-2;;;;;/h6-8H,4-5H2,1-3H3;6-7H2,1-5H3;3-5H,1-2H3;1H3;1H4;1H3;2*1H;/q;;;;;-1;;;+2/p-2. The molecule has 3 aliphatic heterocycles. The van der Waals surface area contributed by atoms with E-state index in [1.54, 1.807) is 25.1 Å². The summed E-state index contributed by atoms with van der Waals surface area (Å²) in [5.74, 6) is 1.32. The van der Waals surface area contributed by atoms with Crippen molar-refractivity contribution in [3.05, 3.63) is 19.6 Å². The number of likely N-dealkylation sites (tertiary alicyclic amines) is 2. The summed E-state index contributed by atoms with van der Waals surface area (Å²) >= 11 is 6.89. The third-order valence-corrected chi connectivity index (χ3v) is 7.50. The van der Waals surface area contributed by atoms with Gasteiger partial charge in [-0.15, -0.1) is 0 Å². The van der Waals surface area contributed by atoms with Crippen LogP contribution in [0.2, 0.25) is 19.6 Å². The summed E-state index contributed by atoms with van der Waals surface area (Å²) in [4.78, 5) is 32.3. The Morgan fingerprint density at radius 2 is 1.57 bits per heavy atom. The maximum atomic E-state index is 11.6. The van der Waals surface area contributed by atoms with Crippen molar-refractivity contribution in [2.75, 3.05) is 66.2 Å². The first-order valence-electron chi connectivity index (χ1n) is 11.6. The van der Waals surface area contributed by atoms with Crippen LogP contribution in [-0.4, -0.2) is 118 Å². The molecule has 2 fully saturated rings. The second-order valence-electron chi connectivity index (χ2n) is 10.3. The van der Waals surface area contributed by atoms with Gasteiger partial charge in [-0.1, -0.05) is 55.7 Å². The van der Waals surface area contributed by atoms with Crippen molar-refractivity contribution >= 4 is 82.4 Å². The molecule has 3 aliphatic rings. The van der Waals surface area contributed by atoms with Crippen LogP contribution < -0.4 is 0 Å². The molecule has 2 saturated heterocycles. The summed E-state index contributed by atoms with van der Waals surface area (Å²) < 4.78 is 5.00. The van der Waals surface area contributed by atoms with E-state index in [2.05, 4.69) is 113 Å². The minimum atomic E-state index is -0.912. The quantitative estimate of drug-likeness (QED) is 0.119. The first kappa shape index (κ1) is 45.5. The van der Waals surface area contributed by atoms with E-state index in [4.69, 9.17) is 4.74 Å². The van der Waals surface area contributed by atoms with Crippen molar-refractivity contribution in [2.45, 2.75) is 53.0 Å². The number of carbonyl (C=O) groups is 2. The Morgan fingerprint density at radius 3 is 1.86 bits per heavy atom. The SMILES string of the molecule is C.CC1C2CN(C)CC2C(=O)N1C.CC1C=CC(=O)N1C.CI.COCN(C)C[Si](C)(C)C.[CH3-].[I][V][I]. The number of halogens is 3. The van der Waals surface area contributed by atoms with E-state index in [-0.39, 0.29) is 26.7 Å². The average Bonchev–Trinajstić information content (AvgIpc) is 3.36. The van der Waals surface area contributed by atoms with Crippen LogP contribution in [0.1, 0.15) is 21.3 Å². The van der Waals surface area contributed by atoms with Crippen LogP contribution in [-0.2, 0) is 23.8 Å². The number of nitrogens with zero attached hydrogens (tertiary/aromatic N) is 4. The summed E-state index contributed by atoms with van der Waals surface area (Å²) in [7, 11) is 9.37. The molecule has 3 rings (SSSR count). The van der Waals surface area contributed by atoms with Gasteiger partial charge < -0.3 is 26.9 Å². The number of alkyl halides is 1. The molecule has 4 unspecified atom stereocenters. The zero-order valence-electron chi connectivity index (χ0n) is 24.4. The number of amides is 2. The Balaban J connectivity index is -0.000000201. The molecule has 223 valence electrons. The fourth-order valence-electron chi connectivity index (χ4n) is 4.28. The molecule has 0 N–H and O–H groups in total. The first-order valence-corrected chi connectivity index (χ1v) is 26.5. The normalized spacial score (nSPS) is 23.6. The van der Waals surface area contributed by atoms with Crippen LogP contribution >= 0.6 is 62.5 Å². The molecule has 37 heavy (non-hydrogen) atoms. The molecule has 12 heteroatoms. The number of hydrogen-bond acceptors (Lipinski definition) is 5. The number of carbonyl (C=O) groups excluding carboxylic acids is 2. The molecule has 0 radical (unpaired) electrons. The minimum absolute atomic E-state index is 0. The van der Waals surface area contributed by atoms with Crippen molar-refractivity contribution in [3.63, 3.8) is 0 Å². The van der Waals surface area contributed by atoms with Gasteiger partial charge in [0.25, 0.3) is 0 Å². The fourth-order valence-corrected chi connectivity index (χ4v) is 5.99. The molecule has 7 nitrogen and oxygen atoms in total. The maximum absolute atomic E-state index is 11.6. The molecule has 0 aliphatic carbocycles. The van der Waals surface area contributed by atoms with Gasteiger partial charge >= 0.3 is 49.4 Å². The number of rotatable bonds is 4. The van der Waals surface area contributed by atoms with Crippen molar-refractivity contribution in [2.24, 2.45) is 11.8 Å². The molecule has 3 heterocycles. The monoisotopic (exact) mass is 918 g/mol. The van der Waals surface area contributed by atoms with Gasteiger partial charge in [0.1, 0.15) is 0 Å². The molecular weight excluding hydrogens is 864 g/mol. The predicted molar refractivity (Wildman–Crippen MR) is 187 cm³/mol. The fraction of sp³-hybridized carbons (Fsp3) is 0.800. The molecular formula is C25H54I3N4O3SiV-. The number of methoxy groups -OCH3 is 1. The van der Waals surface area contributed by atoms with Crippen molar-refractivity contribution in [1.82, 2.24) is 19.6 Å². The summed E-state index contributed by atoms with van der Waals surface area (Å²) in [5.41, 5.74) is 0. The molecule has 0 aromatic rings. The van der Waals surface area contributed by atoms with Gasteiger partial charge in [-0.2, -0.15) is 0 Å². The molecule has 0 aromatic carbocycles. The van der Waals surface area contributed by atoms with Gasteiger partial charge in [0.15, 0.2) is 0 Å². The van der Waals surface area contributed by atoms with Gasteiger partial charge in [0, 0.05) is 58.4 Å². The summed E-state index contributed by atoms with van der Waals surface area (Å²) in [6.45, 7) is 14.0. The molecule has 0 saturated carbocycles. The third kappa shape index (κ3) is 18.6. The Morgan fingerprint density at radius 1 is 1.08 bits per heavy atom. The van der Waals surface area contributed by atoms with E-state index in [1.807, 2.05) is 29.9 Å². The first-order chi connectivity index (χ1) is 16.2. The van der Waals surface area contributed by atoms with Gasteiger partial charge in [-0.3, -0.25) is 14.5 Å². The van der Waals surface area contributed by atoms with Gasteiger partial charge in [0.05, 0.1) is 20.7 Å². The predicted octanol–water partition coefficient (Wildman–Crippen LogP) is 5.73. The Kier molecular flexibility index (Phi) is 29.8. The number of ether oxygens (including phenoxy) is 1. The Bertz CT molecular complexity index is 645. The Labute approximate surface area is 273 Å². The third-order valence-electron chi connectivity index (χ3n) is 6.01. The number of fused-ring (bicyclic) bond motifs is 1. The Hall–Kier alpha value is 1.55. The van der Waals surface area contributed by atoms with Crippen molar-refractivity contribution in [1.29, 1.82) is 0 Å². The molecule has 0 aromatic heterocycles. The molecule has 0 spiro atoms. The number of hydrogen-bond donors (Lipinski definition) is 0. The summed E-state index contributed by atoms with van der Waals surface area (Å²) in [6.07, 6.45) is 4.70. The van der Waals surface area contributed by atoms with Crippen LogP contribution in [0.4, 0.5) is 0 Å². The van der Waals surface area contributed by atoms with E-state index in [9.17, 15) is 9.59 Å². The van der Waals surface area contributed by atoms with Crippen molar-refractivity contribution in [3.8, 4) is 0 Å². The van der Waals surface area contributed by atoms with Crippen molar-refractivity contribution < 1.29 is 23.8 Å². The number of likely N-dealkylation sites (N-methyl/N-ethyl adjacent to an activating group) is 1. The summed E-state index contributed by atoms with van der Waals surface area (Å²) in [5, 5.41) is 0. The second-order valence-corrected chi connectivity index (χ2v) is 27.5. The van der Waals surface area contributed by atoms with E-state index < -0.39 is 8.07 Å². The van der Waals surface area contributed by atoms with Crippen LogP contribution in [0.15, 0.2) is 12.2 Å². The summed E-state index contributed by atoms with van der Waals surface area (Å²) in [6, 6.07) is 0.731. The van der Waals surface area contributed by atoms with Crippen LogP contribution in [0.25, 0.3) is 0 Å². The second kappa shape index (κ2) is 24.2. The van der Waals surface area contributed by atoms with Gasteiger partial charge in [-0.25, -0.2) is 0 Å². The zero-order chi connectivity index (χ0) is 27.9. The molecule has 2 amide bonds. The van der Waals surface area contributed by atoms with E-state index in [0.717, 1.165) is 19.8 Å². The topological polar surface area (TPSA) is 56.3 Å².